The Bertz CT molecular complexity index is 1700. The Morgan fingerprint density at radius 2 is 1.84 bits per heavy atom. The molecular formula is C33H28ClFN4O4S. The highest BCUT2D eigenvalue weighted by molar-refractivity contribution is 8.15. The predicted molar refractivity (Wildman–Crippen MR) is 168 cm³/mol. The molecule has 0 spiro atoms. The summed E-state index contributed by atoms with van der Waals surface area (Å²) in [5, 5.41) is 3.38. The Morgan fingerprint density at radius 3 is 2.57 bits per heavy atom. The summed E-state index contributed by atoms with van der Waals surface area (Å²) in [5.41, 5.74) is 2.53. The normalized spacial score (nSPS) is 19.1. The molecule has 2 fully saturated rings. The molecule has 2 aliphatic heterocycles. The van der Waals surface area contributed by atoms with Crippen LogP contribution >= 0.6 is 23.4 Å². The summed E-state index contributed by atoms with van der Waals surface area (Å²) in [5.74, 6) is -0.358. The minimum atomic E-state index is -0.585. The molecule has 8 nitrogen and oxygen atoms in total. The zero-order valence-electron chi connectivity index (χ0n) is 23.5. The first kappa shape index (κ1) is 29.7. The molecule has 2 saturated heterocycles. The largest absolute Gasteiger partial charge is 0.467 e. The molecule has 224 valence electrons. The molecule has 4 aromatic rings. The number of nitrogens with one attached hydrogen (secondary N) is 1. The smallest absolute Gasteiger partial charge is 0.247 e. The number of anilines is 1. The van der Waals surface area contributed by atoms with E-state index >= 15 is 0 Å². The van der Waals surface area contributed by atoms with Crippen LogP contribution in [0.4, 0.5) is 15.8 Å². The van der Waals surface area contributed by atoms with E-state index in [9.17, 15) is 18.8 Å². The van der Waals surface area contributed by atoms with Crippen LogP contribution in [-0.4, -0.2) is 45.3 Å². The van der Waals surface area contributed by atoms with Crippen LogP contribution in [0.25, 0.3) is 0 Å². The van der Waals surface area contributed by atoms with Gasteiger partial charge in [0.05, 0.1) is 24.9 Å². The summed E-state index contributed by atoms with van der Waals surface area (Å²) in [7, 11) is 0. The molecule has 44 heavy (non-hydrogen) atoms. The number of nitrogens with zero attached hydrogens (tertiary/aromatic N) is 3. The van der Waals surface area contributed by atoms with Crippen LogP contribution < -0.4 is 5.32 Å². The minimum Gasteiger partial charge on any atom is -0.467 e. The van der Waals surface area contributed by atoms with Gasteiger partial charge in [0.25, 0.3) is 0 Å². The number of likely N-dealkylation sites (tertiary alicyclic amines) is 1. The zero-order valence-corrected chi connectivity index (χ0v) is 25.1. The van der Waals surface area contributed by atoms with Gasteiger partial charge in [0, 0.05) is 17.3 Å². The number of halogens is 2. The Hall–Kier alpha value is -4.41. The van der Waals surface area contributed by atoms with Crippen LogP contribution in [0.15, 0.2) is 101 Å². The number of carbonyl (C=O) groups is 3. The average molecular weight is 631 g/mol. The van der Waals surface area contributed by atoms with Crippen molar-refractivity contribution in [1.82, 2.24) is 9.80 Å². The molecule has 1 N–H and O–H groups in total. The van der Waals surface area contributed by atoms with Gasteiger partial charge in [-0.2, -0.15) is 0 Å². The second-order valence-corrected chi connectivity index (χ2v) is 12.0. The molecule has 1 unspecified atom stereocenters. The molecule has 0 aliphatic carbocycles. The predicted octanol–water partition coefficient (Wildman–Crippen LogP) is 6.75. The molecule has 0 saturated carbocycles. The van der Waals surface area contributed by atoms with E-state index in [1.165, 1.54) is 35.1 Å². The van der Waals surface area contributed by atoms with Crippen LogP contribution in [0.1, 0.15) is 35.0 Å². The monoisotopic (exact) mass is 630 g/mol. The number of thioether (sulfide) groups is 1. The maximum atomic E-state index is 13.8. The second-order valence-electron chi connectivity index (χ2n) is 10.5. The van der Waals surface area contributed by atoms with Crippen molar-refractivity contribution in [1.29, 1.82) is 0 Å². The lowest BCUT2D eigenvalue weighted by Crippen LogP contribution is -2.43. The van der Waals surface area contributed by atoms with E-state index in [4.69, 9.17) is 16.0 Å². The Labute approximate surface area is 262 Å². The lowest BCUT2D eigenvalue weighted by Gasteiger charge is -2.24. The van der Waals surface area contributed by atoms with Gasteiger partial charge in [0.1, 0.15) is 22.9 Å². The Kier molecular flexibility index (Phi) is 8.81. The topological polar surface area (TPSA) is 95.2 Å². The summed E-state index contributed by atoms with van der Waals surface area (Å²) in [6, 6.07) is 23.0. The van der Waals surface area contributed by atoms with Gasteiger partial charge in [-0.3, -0.25) is 19.3 Å². The molecule has 11 heteroatoms. The van der Waals surface area contributed by atoms with Crippen LogP contribution in [0, 0.1) is 5.82 Å². The fourth-order valence-electron chi connectivity index (χ4n) is 5.30. The maximum absolute atomic E-state index is 13.8. The molecule has 1 aromatic heterocycles. The first-order chi connectivity index (χ1) is 21.3. The third-order valence-corrected chi connectivity index (χ3v) is 8.98. The number of amidine groups is 1. The van der Waals surface area contributed by atoms with Crippen molar-refractivity contribution in [2.75, 3.05) is 11.9 Å². The average Bonchev–Trinajstić information content (AvgIpc) is 3.78. The van der Waals surface area contributed by atoms with E-state index in [0.29, 0.717) is 40.3 Å². The summed E-state index contributed by atoms with van der Waals surface area (Å²) < 4.78 is 19.3. The fraction of sp³-hybridized carbons (Fsp3) is 0.212. The molecule has 0 radical (unpaired) electrons. The molecular weight excluding hydrogens is 603 g/mol. The first-order valence-corrected chi connectivity index (χ1v) is 15.4. The summed E-state index contributed by atoms with van der Waals surface area (Å²) in [4.78, 5) is 47.5. The van der Waals surface area contributed by atoms with Gasteiger partial charge >= 0.3 is 0 Å². The van der Waals surface area contributed by atoms with E-state index in [0.717, 1.165) is 17.5 Å². The van der Waals surface area contributed by atoms with E-state index in [1.807, 2.05) is 12.1 Å². The number of furan rings is 1. The van der Waals surface area contributed by atoms with Crippen molar-refractivity contribution in [2.45, 2.75) is 37.1 Å². The van der Waals surface area contributed by atoms with Crippen LogP contribution in [-0.2, 0) is 27.3 Å². The highest BCUT2D eigenvalue weighted by atomic mass is 35.5. The van der Waals surface area contributed by atoms with Crippen molar-refractivity contribution in [3.05, 3.63) is 119 Å². The lowest BCUT2D eigenvalue weighted by atomic mass is 10.1. The number of hydrogen-bond acceptors (Lipinski definition) is 6. The zero-order chi connectivity index (χ0) is 30.6. The molecule has 3 amide bonds. The number of carbonyl (C=O) groups excluding carboxylic acids is 3. The molecule has 0 bridgehead atoms. The van der Waals surface area contributed by atoms with Gasteiger partial charge in [0.2, 0.25) is 17.7 Å². The Morgan fingerprint density at radius 1 is 1.05 bits per heavy atom. The maximum Gasteiger partial charge on any atom is 0.247 e. The van der Waals surface area contributed by atoms with Crippen molar-refractivity contribution >= 4 is 57.6 Å². The van der Waals surface area contributed by atoms with E-state index in [1.54, 1.807) is 65.6 Å². The fourth-order valence-corrected chi connectivity index (χ4v) is 6.59. The number of hydrogen-bond donors (Lipinski definition) is 1. The minimum absolute atomic E-state index is 0.105. The molecule has 2 aliphatic rings. The number of benzene rings is 3. The molecule has 6 rings (SSSR count). The number of amides is 3. The first-order valence-electron chi connectivity index (χ1n) is 14.1. The van der Waals surface area contributed by atoms with E-state index in [2.05, 4.69) is 10.3 Å². The van der Waals surface area contributed by atoms with Crippen LogP contribution in [0.5, 0.6) is 0 Å². The Balaban J connectivity index is 1.14. The van der Waals surface area contributed by atoms with Crippen LogP contribution in [0.3, 0.4) is 0 Å². The second kappa shape index (κ2) is 13.1. The van der Waals surface area contributed by atoms with Gasteiger partial charge in [-0.15, -0.1) is 0 Å². The van der Waals surface area contributed by atoms with Crippen molar-refractivity contribution in [3.63, 3.8) is 0 Å². The van der Waals surface area contributed by atoms with E-state index in [-0.39, 0.29) is 30.7 Å². The van der Waals surface area contributed by atoms with Crippen molar-refractivity contribution in [2.24, 2.45) is 4.99 Å². The molecule has 2 atom stereocenters. The summed E-state index contributed by atoms with van der Waals surface area (Å²) in [6.45, 7) is 0.713. The van der Waals surface area contributed by atoms with Crippen LogP contribution in [0.2, 0.25) is 5.02 Å². The lowest BCUT2D eigenvalue weighted by molar-refractivity contribution is -0.136. The van der Waals surface area contributed by atoms with Gasteiger partial charge in [-0.1, -0.05) is 53.7 Å². The standard InChI is InChI=1S/C33H28ClFN4O4S/c34-23-12-8-21(9-13-23)18-29(40)38-16-2-7-28(38)31(41)36-25-14-10-22(11-15-25)30-32(42)39(20-27-6-3-17-43-27)33(44-30)37-26-5-1-4-24(35)19-26/h1,3-6,8-15,17,19,28,30H,2,7,16,18,20H2,(H,36,41)/t28-,30?/m0/s1. The van der Waals surface area contributed by atoms with Gasteiger partial charge in [0.15, 0.2) is 5.17 Å². The highest BCUT2D eigenvalue weighted by Gasteiger charge is 2.40. The highest BCUT2D eigenvalue weighted by Crippen LogP contribution is 2.41. The van der Waals surface area contributed by atoms with Gasteiger partial charge < -0.3 is 14.6 Å². The van der Waals surface area contributed by atoms with Gasteiger partial charge in [-0.25, -0.2) is 9.38 Å². The van der Waals surface area contributed by atoms with Gasteiger partial charge in [-0.05, 0) is 78.6 Å². The third kappa shape index (κ3) is 6.71. The summed E-state index contributed by atoms with van der Waals surface area (Å²) in [6.07, 6.45) is 3.07. The van der Waals surface area contributed by atoms with E-state index < -0.39 is 17.1 Å². The molecule has 3 heterocycles. The third-order valence-electron chi connectivity index (χ3n) is 7.50. The SMILES string of the molecule is O=C(Nc1ccc(C2SC(=Nc3cccc(F)c3)N(Cc3ccco3)C2=O)cc1)[C@@H]1CCCN1C(=O)Cc1ccc(Cl)cc1. The van der Waals surface area contributed by atoms with Crippen molar-refractivity contribution in [3.8, 4) is 0 Å². The quantitative estimate of drug-likeness (QED) is 0.232. The summed E-state index contributed by atoms with van der Waals surface area (Å²) >= 11 is 7.23. The molecule has 3 aromatic carbocycles. The number of aliphatic imine (C=N–C) groups is 1. The number of rotatable bonds is 8. The van der Waals surface area contributed by atoms with Crippen molar-refractivity contribution < 1.29 is 23.2 Å².